The number of halogens is 3. The van der Waals surface area contributed by atoms with Gasteiger partial charge < -0.3 is 24.0 Å². The molecule has 0 spiro atoms. The first kappa shape index (κ1) is 27.5. The van der Waals surface area contributed by atoms with Gasteiger partial charge in [-0.3, -0.25) is 9.59 Å². The summed E-state index contributed by atoms with van der Waals surface area (Å²) in [5.74, 6) is -1.92. The maximum absolute atomic E-state index is 12.8. The second kappa shape index (κ2) is 11.9. The van der Waals surface area contributed by atoms with Crippen molar-refractivity contribution in [2.45, 2.75) is 38.9 Å². The van der Waals surface area contributed by atoms with Gasteiger partial charge in [0.15, 0.2) is 5.76 Å². The van der Waals surface area contributed by atoms with E-state index in [9.17, 15) is 22.8 Å². The maximum Gasteiger partial charge on any atom is 0.449 e. The summed E-state index contributed by atoms with van der Waals surface area (Å²) in [6, 6.07) is 16.2. The van der Waals surface area contributed by atoms with Crippen molar-refractivity contribution in [3.05, 3.63) is 94.8 Å². The molecule has 4 aromatic rings. The number of carbonyl (C=O) groups excluding carboxylic acids is 1. The lowest BCUT2D eigenvalue weighted by atomic mass is 10.0. The Kier molecular flexibility index (Phi) is 8.38. The Balaban J connectivity index is 1.41. The Bertz CT molecular complexity index is 1440. The van der Waals surface area contributed by atoms with E-state index in [2.05, 4.69) is 14.7 Å². The number of aryl methyl sites for hydroxylation is 2. The summed E-state index contributed by atoms with van der Waals surface area (Å²) in [7, 11) is 0. The predicted molar refractivity (Wildman–Crippen MR) is 133 cm³/mol. The number of carboxylic acid groups (broad SMARTS) is 1. The summed E-state index contributed by atoms with van der Waals surface area (Å²) in [5, 5.41) is 11.6. The zero-order chi connectivity index (χ0) is 28.0. The third kappa shape index (κ3) is 7.28. The zero-order valence-electron chi connectivity index (χ0n) is 20.9. The van der Waals surface area contributed by atoms with E-state index in [1.54, 1.807) is 18.2 Å². The average molecular weight is 543 g/mol. The molecule has 1 amide bonds. The molecule has 0 fully saturated rings. The van der Waals surface area contributed by atoms with Crippen molar-refractivity contribution in [3.8, 4) is 17.2 Å². The maximum atomic E-state index is 12.8. The normalized spacial score (nSPS) is 11.4. The Hall–Kier alpha value is -4.54. The largest absolute Gasteiger partial charge is 0.493 e. The van der Waals surface area contributed by atoms with E-state index in [0.29, 0.717) is 41.0 Å². The highest BCUT2D eigenvalue weighted by atomic mass is 19.4. The van der Waals surface area contributed by atoms with Crippen molar-refractivity contribution in [3.63, 3.8) is 0 Å². The first-order chi connectivity index (χ1) is 18.6. The first-order valence-corrected chi connectivity index (χ1v) is 12.0. The van der Waals surface area contributed by atoms with Gasteiger partial charge in [0, 0.05) is 24.9 Å². The van der Waals surface area contributed by atoms with Crippen molar-refractivity contribution in [2.75, 3.05) is 6.61 Å². The number of hydrogen-bond acceptors (Lipinski definition) is 6. The van der Waals surface area contributed by atoms with Crippen LogP contribution in [0.4, 0.5) is 13.2 Å². The summed E-state index contributed by atoms with van der Waals surface area (Å²) in [5.41, 5.74) is 2.82. The van der Waals surface area contributed by atoms with Gasteiger partial charge in [0.1, 0.15) is 11.5 Å². The number of carbonyl (C=O) groups is 2. The molecule has 0 aliphatic rings. The predicted octanol–water partition coefficient (Wildman–Crippen LogP) is 5.83. The van der Waals surface area contributed by atoms with Gasteiger partial charge in [-0.15, -0.1) is 0 Å². The molecule has 39 heavy (non-hydrogen) atoms. The molecule has 204 valence electrons. The molecule has 4 rings (SSSR count). The number of nitrogens with zero attached hydrogens (tertiary/aromatic N) is 1. The number of aliphatic carboxylic acids is 1. The van der Waals surface area contributed by atoms with Crippen LogP contribution in [0.2, 0.25) is 0 Å². The quantitative estimate of drug-likeness (QED) is 0.245. The van der Waals surface area contributed by atoms with Gasteiger partial charge >= 0.3 is 12.1 Å². The number of hydrogen-bond donors (Lipinski definition) is 2. The summed E-state index contributed by atoms with van der Waals surface area (Å²) in [6.07, 6.45) is -4.18. The molecule has 2 N–H and O–H groups in total. The number of aromatic nitrogens is 1. The van der Waals surface area contributed by atoms with Crippen LogP contribution < -0.4 is 10.1 Å². The van der Waals surface area contributed by atoms with Crippen LogP contribution >= 0.6 is 0 Å². The highest BCUT2D eigenvalue weighted by Crippen LogP contribution is 2.30. The average Bonchev–Trinajstić information content (AvgIpc) is 3.55. The number of nitrogens with one attached hydrogen (secondary N) is 1. The lowest BCUT2D eigenvalue weighted by Crippen LogP contribution is -2.23. The Morgan fingerprint density at radius 3 is 2.46 bits per heavy atom. The fraction of sp³-hybridized carbons (Fsp3) is 0.250. The highest BCUT2D eigenvalue weighted by Gasteiger charge is 2.35. The molecule has 8 nitrogen and oxygen atoms in total. The lowest BCUT2D eigenvalue weighted by Gasteiger charge is -2.13. The SMILES string of the molecule is Cc1oc(-c2ccccc2)nc1CCOc1ccc(CCC(=O)O)c(CNC(=O)c2ccc(C(F)(F)F)o2)c1. The van der Waals surface area contributed by atoms with E-state index in [1.165, 1.54) is 0 Å². The Morgan fingerprint density at radius 1 is 1.00 bits per heavy atom. The molecule has 0 radical (unpaired) electrons. The van der Waals surface area contributed by atoms with Gasteiger partial charge in [0.05, 0.1) is 12.3 Å². The van der Waals surface area contributed by atoms with Crippen LogP contribution in [0.1, 0.15) is 45.3 Å². The summed E-state index contributed by atoms with van der Waals surface area (Å²) in [6.45, 7) is 2.02. The molecule has 2 aromatic carbocycles. The molecular weight excluding hydrogens is 517 g/mol. The van der Waals surface area contributed by atoms with Crippen LogP contribution in [0, 0.1) is 6.92 Å². The molecule has 0 saturated heterocycles. The van der Waals surface area contributed by atoms with Crippen LogP contribution in [0.3, 0.4) is 0 Å². The molecule has 0 aliphatic carbocycles. The minimum atomic E-state index is -4.71. The van der Waals surface area contributed by atoms with E-state index in [1.807, 2.05) is 37.3 Å². The van der Waals surface area contributed by atoms with E-state index in [0.717, 1.165) is 17.3 Å². The number of rotatable bonds is 11. The second-order valence-corrected chi connectivity index (χ2v) is 8.65. The van der Waals surface area contributed by atoms with Crippen molar-refractivity contribution >= 4 is 11.9 Å². The Morgan fingerprint density at radius 2 is 1.77 bits per heavy atom. The van der Waals surface area contributed by atoms with Crippen LogP contribution in [0.15, 0.2) is 69.5 Å². The zero-order valence-corrected chi connectivity index (χ0v) is 20.9. The summed E-state index contributed by atoms with van der Waals surface area (Å²) in [4.78, 5) is 28.0. The first-order valence-electron chi connectivity index (χ1n) is 12.0. The minimum Gasteiger partial charge on any atom is -0.493 e. The molecule has 0 aliphatic heterocycles. The third-order valence-corrected chi connectivity index (χ3v) is 5.86. The smallest absolute Gasteiger partial charge is 0.449 e. The highest BCUT2D eigenvalue weighted by molar-refractivity contribution is 5.91. The van der Waals surface area contributed by atoms with Gasteiger partial charge in [-0.05, 0) is 60.9 Å². The molecule has 0 saturated carbocycles. The van der Waals surface area contributed by atoms with Crippen molar-refractivity contribution < 1.29 is 41.4 Å². The van der Waals surface area contributed by atoms with E-state index < -0.39 is 29.6 Å². The van der Waals surface area contributed by atoms with Crippen molar-refractivity contribution in [1.82, 2.24) is 10.3 Å². The van der Waals surface area contributed by atoms with E-state index in [4.69, 9.17) is 14.3 Å². The van der Waals surface area contributed by atoms with Gasteiger partial charge in [0.25, 0.3) is 5.91 Å². The van der Waals surface area contributed by atoms with Crippen LogP contribution in [0.5, 0.6) is 5.75 Å². The number of oxazole rings is 1. The van der Waals surface area contributed by atoms with Gasteiger partial charge in [0.2, 0.25) is 11.7 Å². The Labute approximate surface area is 221 Å². The van der Waals surface area contributed by atoms with Gasteiger partial charge in [-0.2, -0.15) is 13.2 Å². The monoisotopic (exact) mass is 542 g/mol. The van der Waals surface area contributed by atoms with Gasteiger partial charge in [-0.1, -0.05) is 24.3 Å². The molecule has 0 bridgehead atoms. The molecule has 2 aromatic heterocycles. The molecule has 0 unspecified atom stereocenters. The minimum absolute atomic E-state index is 0.0735. The fourth-order valence-corrected chi connectivity index (χ4v) is 3.85. The third-order valence-electron chi connectivity index (χ3n) is 5.86. The van der Waals surface area contributed by atoms with Crippen LogP contribution in [-0.2, 0) is 30.4 Å². The molecule has 0 atom stereocenters. The van der Waals surface area contributed by atoms with Gasteiger partial charge in [-0.25, -0.2) is 4.98 Å². The summed E-state index contributed by atoms with van der Waals surface area (Å²) >= 11 is 0. The number of carboxylic acids is 1. The second-order valence-electron chi connectivity index (χ2n) is 8.65. The van der Waals surface area contributed by atoms with Crippen LogP contribution in [-0.4, -0.2) is 28.6 Å². The van der Waals surface area contributed by atoms with Crippen molar-refractivity contribution in [1.29, 1.82) is 0 Å². The number of ether oxygens (including phenoxy) is 1. The van der Waals surface area contributed by atoms with E-state index >= 15 is 0 Å². The fourth-order valence-electron chi connectivity index (χ4n) is 3.85. The number of furan rings is 1. The topological polar surface area (TPSA) is 115 Å². The number of benzene rings is 2. The van der Waals surface area contributed by atoms with Crippen LogP contribution in [0.25, 0.3) is 11.5 Å². The van der Waals surface area contributed by atoms with E-state index in [-0.39, 0.29) is 26.0 Å². The summed E-state index contributed by atoms with van der Waals surface area (Å²) < 4.78 is 54.6. The molecule has 2 heterocycles. The molecular formula is C28H25F3N2O6. The number of alkyl halides is 3. The van der Waals surface area contributed by atoms with Crippen molar-refractivity contribution in [2.24, 2.45) is 0 Å². The number of amides is 1. The molecule has 11 heteroatoms. The lowest BCUT2D eigenvalue weighted by molar-refractivity contribution is -0.153. The standard InChI is InChI=1S/C28H25F3N2O6/c1-17-22(33-27(38-17)19-5-3-2-4-6-19)13-14-37-21-9-7-18(8-12-25(34)35)20(15-21)16-32-26(36)23-10-11-24(39-23)28(29,30)31/h2-7,9-11,15H,8,12-14,16H2,1H3,(H,32,36)(H,34,35).